The summed E-state index contributed by atoms with van der Waals surface area (Å²) < 4.78 is 12.3. The summed E-state index contributed by atoms with van der Waals surface area (Å²) in [4.78, 5) is 14.3. The third kappa shape index (κ3) is 3.10. The molecule has 2 saturated heterocycles. The van der Waals surface area contributed by atoms with E-state index in [0.29, 0.717) is 5.58 Å². The van der Waals surface area contributed by atoms with Gasteiger partial charge in [0.25, 0.3) is 0 Å². The van der Waals surface area contributed by atoms with Gasteiger partial charge in [-0.1, -0.05) is 15.9 Å². The van der Waals surface area contributed by atoms with Gasteiger partial charge in [0.05, 0.1) is 5.60 Å². The zero-order valence-electron chi connectivity index (χ0n) is 13.0. The van der Waals surface area contributed by atoms with Gasteiger partial charge in [-0.2, -0.15) is 0 Å². The second-order valence-electron chi connectivity index (χ2n) is 6.68. The van der Waals surface area contributed by atoms with Crippen LogP contribution in [0.25, 0.3) is 11.0 Å². The molecule has 1 atom stereocenters. The van der Waals surface area contributed by atoms with Crippen LogP contribution in [0.2, 0.25) is 0 Å². The molecule has 0 bridgehead atoms. The van der Waals surface area contributed by atoms with E-state index in [1.165, 1.54) is 6.42 Å². The van der Waals surface area contributed by atoms with Crippen molar-refractivity contribution in [1.29, 1.82) is 0 Å². The summed E-state index contributed by atoms with van der Waals surface area (Å²) in [6.07, 6.45) is 4.65. The molecule has 2 aliphatic rings. The van der Waals surface area contributed by atoms with Gasteiger partial charge in [-0.05, 0) is 56.0 Å². The number of ether oxygens (including phenoxy) is 1. The first-order chi connectivity index (χ1) is 11.1. The van der Waals surface area contributed by atoms with Gasteiger partial charge in [-0.3, -0.25) is 4.90 Å². The number of benzene rings is 1. The molecule has 2 fully saturated rings. The van der Waals surface area contributed by atoms with Crippen LogP contribution in [0.15, 0.2) is 37.9 Å². The number of nitrogens with zero attached hydrogens (tertiary/aromatic N) is 1. The molecule has 122 valence electrons. The van der Waals surface area contributed by atoms with Gasteiger partial charge in [-0.25, -0.2) is 4.79 Å². The van der Waals surface area contributed by atoms with Crippen molar-refractivity contribution >= 4 is 26.9 Å². The maximum absolute atomic E-state index is 11.9. The Balaban J connectivity index is 1.63. The van der Waals surface area contributed by atoms with Crippen molar-refractivity contribution in [2.24, 2.45) is 0 Å². The predicted molar refractivity (Wildman–Crippen MR) is 92.6 cm³/mol. The van der Waals surface area contributed by atoms with Crippen LogP contribution in [0.3, 0.4) is 0 Å². The minimum absolute atomic E-state index is 0.0521. The van der Waals surface area contributed by atoms with Gasteiger partial charge in [0.2, 0.25) is 0 Å². The molecular formula is C18H20BrNO3. The molecule has 23 heavy (non-hydrogen) atoms. The smallest absolute Gasteiger partial charge is 0.336 e. The van der Waals surface area contributed by atoms with E-state index in [4.69, 9.17) is 9.15 Å². The van der Waals surface area contributed by atoms with Crippen molar-refractivity contribution in [2.45, 2.75) is 37.8 Å². The van der Waals surface area contributed by atoms with E-state index in [0.717, 1.165) is 60.9 Å². The Hall–Kier alpha value is -1.17. The quantitative estimate of drug-likeness (QED) is 0.748. The number of likely N-dealkylation sites (tertiary alicyclic amines) is 1. The summed E-state index contributed by atoms with van der Waals surface area (Å²) in [6.45, 7) is 3.68. The standard InChI is InChI=1S/C18H20BrNO3/c19-14-3-4-15-13(9-17(21)23-16(15)10-14)11-20-7-1-5-18(12-20)6-2-8-22-18/h3-4,9-10H,1-2,5-8,11-12H2. The van der Waals surface area contributed by atoms with Crippen LogP contribution in [0.5, 0.6) is 0 Å². The number of fused-ring (bicyclic) bond motifs is 1. The monoisotopic (exact) mass is 377 g/mol. The molecule has 0 radical (unpaired) electrons. The molecule has 0 saturated carbocycles. The van der Waals surface area contributed by atoms with Crippen molar-refractivity contribution in [3.63, 3.8) is 0 Å². The van der Waals surface area contributed by atoms with E-state index < -0.39 is 0 Å². The first-order valence-corrected chi connectivity index (χ1v) is 9.02. The molecule has 1 unspecified atom stereocenters. The molecule has 0 amide bonds. The average Bonchev–Trinajstić information content (AvgIpc) is 2.94. The van der Waals surface area contributed by atoms with E-state index in [2.05, 4.69) is 20.8 Å². The van der Waals surface area contributed by atoms with E-state index >= 15 is 0 Å². The third-order valence-electron chi connectivity index (χ3n) is 4.99. The van der Waals surface area contributed by atoms with Crippen LogP contribution >= 0.6 is 15.9 Å². The molecule has 4 rings (SSSR count). The fourth-order valence-corrected chi connectivity index (χ4v) is 4.32. The van der Waals surface area contributed by atoms with Crippen LogP contribution < -0.4 is 5.63 Å². The van der Waals surface area contributed by atoms with Gasteiger partial charge < -0.3 is 9.15 Å². The molecule has 2 aromatic rings. The first-order valence-electron chi connectivity index (χ1n) is 8.22. The first kappa shape index (κ1) is 15.4. The Morgan fingerprint density at radius 3 is 2.91 bits per heavy atom. The summed E-state index contributed by atoms with van der Waals surface area (Å²) in [6, 6.07) is 7.50. The Morgan fingerprint density at radius 2 is 2.09 bits per heavy atom. The molecular weight excluding hydrogens is 358 g/mol. The Morgan fingerprint density at radius 1 is 1.22 bits per heavy atom. The lowest BCUT2D eigenvalue weighted by atomic mass is 9.90. The number of hydrogen-bond acceptors (Lipinski definition) is 4. The van der Waals surface area contributed by atoms with Crippen molar-refractivity contribution in [1.82, 2.24) is 4.90 Å². The lowest BCUT2D eigenvalue weighted by molar-refractivity contribution is -0.0531. The van der Waals surface area contributed by atoms with E-state index in [1.807, 2.05) is 18.2 Å². The highest BCUT2D eigenvalue weighted by molar-refractivity contribution is 9.10. The van der Waals surface area contributed by atoms with Crippen molar-refractivity contribution < 1.29 is 9.15 Å². The Labute approximate surface area is 143 Å². The van der Waals surface area contributed by atoms with Crippen LogP contribution in [-0.4, -0.2) is 30.2 Å². The minimum atomic E-state index is -0.283. The fourth-order valence-electron chi connectivity index (χ4n) is 3.98. The summed E-state index contributed by atoms with van der Waals surface area (Å²) in [7, 11) is 0. The second-order valence-corrected chi connectivity index (χ2v) is 7.60. The molecule has 4 nitrogen and oxygen atoms in total. The maximum atomic E-state index is 11.9. The lowest BCUT2D eigenvalue weighted by Gasteiger charge is -2.39. The maximum Gasteiger partial charge on any atom is 0.336 e. The van der Waals surface area contributed by atoms with E-state index in [9.17, 15) is 4.79 Å². The highest BCUT2D eigenvalue weighted by Crippen LogP contribution is 2.35. The third-order valence-corrected chi connectivity index (χ3v) is 5.48. The SMILES string of the molecule is O=c1cc(CN2CCCC3(CCCO3)C2)c2ccc(Br)cc2o1. The van der Waals surface area contributed by atoms with Crippen LogP contribution in [-0.2, 0) is 11.3 Å². The molecule has 3 heterocycles. The second kappa shape index (κ2) is 6.04. The molecule has 1 aromatic carbocycles. The molecule has 0 aliphatic carbocycles. The predicted octanol–water partition coefficient (Wildman–Crippen LogP) is 3.70. The topological polar surface area (TPSA) is 42.7 Å². The van der Waals surface area contributed by atoms with Gasteiger partial charge in [0.1, 0.15) is 5.58 Å². The van der Waals surface area contributed by atoms with Gasteiger partial charge in [0.15, 0.2) is 0 Å². The van der Waals surface area contributed by atoms with Crippen molar-refractivity contribution in [2.75, 3.05) is 19.7 Å². The van der Waals surface area contributed by atoms with Crippen LogP contribution in [0.1, 0.15) is 31.2 Å². The molecule has 1 spiro atoms. The van der Waals surface area contributed by atoms with Crippen molar-refractivity contribution in [3.05, 3.63) is 44.7 Å². The van der Waals surface area contributed by atoms with Crippen LogP contribution in [0.4, 0.5) is 0 Å². The van der Waals surface area contributed by atoms with E-state index in [-0.39, 0.29) is 11.2 Å². The van der Waals surface area contributed by atoms with Gasteiger partial charge >= 0.3 is 5.63 Å². The Bertz CT molecular complexity index is 779. The van der Waals surface area contributed by atoms with E-state index in [1.54, 1.807) is 6.07 Å². The van der Waals surface area contributed by atoms with Crippen molar-refractivity contribution in [3.8, 4) is 0 Å². The normalized spacial score (nSPS) is 25.4. The molecule has 1 aromatic heterocycles. The fraction of sp³-hybridized carbons (Fsp3) is 0.500. The average molecular weight is 378 g/mol. The number of piperidine rings is 1. The molecule has 2 aliphatic heterocycles. The number of rotatable bonds is 2. The minimum Gasteiger partial charge on any atom is -0.423 e. The van der Waals surface area contributed by atoms with Gasteiger partial charge in [0, 0.05) is 35.6 Å². The zero-order valence-corrected chi connectivity index (χ0v) is 14.6. The van der Waals surface area contributed by atoms with Crippen LogP contribution in [0, 0.1) is 0 Å². The largest absolute Gasteiger partial charge is 0.423 e. The highest BCUT2D eigenvalue weighted by atomic mass is 79.9. The summed E-state index contributed by atoms with van der Waals surface area (Å²) in [5.41, 5.74) is 1.45. The number of halogens is 1. The zero-order chi connectivity index (χ0) is 15.9. The summed E-state index contributed by atoms with van der Waals surface area (Å²) in [5, 5.41) is 1.01. The lowest BCUT2D eigenvalue weighted by Crippen LogP contribution is -2.47. The highest BCUT2D eigenvalue weighted by Gasteiger charge is 2.39. The number of hydrogen-bond donors (Lipinski definition) is 0. The van der Waals surface area contributed by atoms with Gasteiger partial charge in [-0.15, -0.1) is 0 Å². The Kier molecular flexibility index (Phi) is 4.03. The molecule has 0 N–H and O–H groups in total. The molecule has 5 heteroatoms. The summed E-state index contributed by atoms with van der Waals surface area (Å²) in [5.74, 6) is 0. The summed E-state index contributed by atoms with van der Waals surface area (Å²) >= 11 is 3.43.